The van der Waals surface area contributed by atoms with Crippen LogP contribution in [0.1, 0.15) is 50.6 Å². The quantitative estimate of drug-likeness (QED) is 0.777. The van der Waals surface area contributed by atoms with Gasteiger partial charge < -0.3 is 25.0 Å². The smallest absolute Gasteiger partial charge is 0.273 e. The van der Waals surface area contributed by atoms with Gasteiger partial charge in [-0.25, -0.2) is 0 Å². The Kier molecular flexibility index (Phi) is 4.92. The minimum Gasteiger partial charge on any atom is -0.491 e. The standard InChI is InChI=1S/C21H25N5O4/c1-22-20(27)19-16-13-18(24-25-19)30-11-5-4-10-29-17-12-14(6-7-15(17)23-16)21(28)26-8-2-3-9-26/h6-7,12-13,23H,2-5,8-11H2,1H3,(H,22,27)/i1D3. The highest BCUT2D eigenvalue weighted by molar-refractivity contribution is 5.99. The van der Waals surface area contributed by atoms with Crippen molar-refractivity contribution in [1.29, 1.82) is 0 Å². The zero-order chi connectivity index (χ0) is 23.4. The first-order valence-electron chi connectivity index (χ1n) is 11.5. The average Bonchev–Trinajstić information content (AvgIpc) is 3.29. The molecule has 9 nitrogen and oxygen atoms in total. The Morgan fingerprint density at radius 3 is 2.67 bits per heavy atom. The van der Waals surface area contributed by atoms with Crippen LogP contribution < -0.4 is 20.1 Å². The van der Waals surface area contributed by atoms with Gasteiger partial charge in [-0.15, -0.1) is 10.2 Å². The first-order valence-corrected chi connectivity index (χ1v) is 9.96. The minimum absolute atomic E-state index is 0.0518. The Bertz CT molecular complexity index is 1040. The van der Waals surface area contributed by atoms with E-state index in [4.69, 9.17) is 13.6 Å². The molecule has 2 N–H and O–H groups in total. The van der Waals surface area contributed by atoms with E-state index < -0.39 is 12.9 Å². The van der Waals surface area contributed by atoms with Crippen LogP contribution in [0, 0.1) is 0 Å². The van der Waals surface area contributed by atoms with Crippen molar-refractivity contribution in [3.63, 3.8) is 0 Å². The molecule has 1 aromatic heterocycles. The summed E-state index contributed by atoms with van der Waals surface area (Å²) in [5.74, 6) is -0.315. The van der Waals surface area contributed by atoms with Gasteiger partial charge in [-0.05, 0) is 43.9 Å². The van der Waals surface area contributed by atoms with Gasteiger partial charge in [-0.3, -0.25) is 9.59 Å². The van der Waals surface area contributed by atoms with Crippen molar-refractivity contribution >= 4 is 23.2 Å². The third-order valence-corrected chi connectivity index (χ3v) is 5.04. The van der Waals surface area contributed by atoms with Gasteiger partial charge in [0.05, 0.1) is 24.6 Å². The van der Waals surface area contributed by atoms with Crippen molar-refractivity contribution in [3.05, 3.63) is 35.5 Å². The molecule has 30 heavy (non-hydrogen) atoms. The van der Waals surface area contributed by atoms with E-state index in [1.165, 1.54) is 6.07 Å². The number of nitrogens with zero attached hydrogens (tertiary/aromatic N) is 3. The maximum atomic E-state index is 12.8. The number of hydrogen-bond donors (Lipinski definition) is 2. The van der Waals surface area contributed by atoms with Gasteiger partial charge in [0, 0.05) is 35.8 Å². The zero-order valence-electron chi connectivity index (χ0n) is 19.4. The van der Waals surface area contributed by atoms with Crippen LogP contribution in [-0.4, -0.2) is 60.2 Å². The first-order chi connectivity index (χ1) is 15.8. The Balaban J connectivity index is 1.69. The van der Waals surface area contributed by atoms with Gasteiger partial charge in [0.2, 0.25) is 5.88 Å². The summed E-state index contributed by atoms with van der Waals surface area (Å²) >= 11 is 0. The summed E-state index contributed by atoms with van der Waals surface area (Å²) in [6.45, 7) is -0.424. The van der Waals surface area contributed by atoms with Crippen molar-refractivity contribution in [1.82, 2.24) is 20.4 Å². The maximum absolute atomic E-state index is 12.8. The largest absolute Gasteiger partial charge is 0.491 e. The summed E-state index contributed by atoms with van der Waals surface area (Å²) in [5, 5.41) is 12.8. The molecular formula is C21H25N5O4. The molecule has 1 aromatic carbocycles. The van der Waals surface area contributed by atoms with E-state index in [2.05, 4.69) is 15.5 Å². The molecular weight excluding hydrogens is 386 g/mol. The number of ether oxygens (including phenoxy) is 2. The predicted molar refractivity (Wildman–Crippen MR) is 111 cm³/mol. The van der Waals surface area contributed by atoms with E-state index in [0.717, 1.165) is 32.4 Å². The average molecular weight is 414 g/mol. The molecule has 2 amide bonds. The second kappa shape index (κ2) is 8.98. The van der Waals surface area contributed by atoms with Gasteiger partial charge >= 0.3 is 0 Å². The molecule has 0 spiro atoms. The third kappa shape index (κ3) is 4.29. The SMILES string of the molecule is [2H]C([2H])([2H])NC(=O)c1nnc2cc1Nc1ccc(C(=O)N3CCCC3)cc1OCCCCO2. The normalized spacial score (nSPS) is 18.0. The summed E-state index contributed by atoms with van der Waals surface area (Å²) in [5.41, 5.74) is 1.00. The molecule has 2 aliphatic heterocycles. The second-order valence-electron chi connectivity index (χ2n) is 7.14. The maximum Gasteiger partial charge on any atom is 0.273 e. The highest BCUT2D eigenvalue weighted by atomic mass is 16.5. The van der Waals surface area contributed by atoms with Crippen molar-refractivity contribution < 1.29 is 23.2 Å². The molecule has 3 heterocycles. The Labute approximate surface area is 179 Å². The Morgan fingerprint density at radius 1 is 1.07 bits per heavy atom. The van der Waals surface area contributed by atoms with E-state index in [0.29, 0.717) is 36.6 Å². The number of carbonyl (C=O) groups excluding carboxylic acids is 2. The molecule has 158 valence electrons. The zero-order valence-corrected chi connectivity index (χ0v) is 16.4. The lowest BCUT2D eigenvalue weighted by Crippen LogP contribution is -2.27. The summed E-state index contributed by atoms with van der Waals surface area (Å²) in [6, 6.07) is 6.55. The number of likely N-dealkylation sites (tertiary alicyclic amines) is 1. The molecule has 1 fully saturated rings. The minimum atomic E-state index is -2.68. The van der Waals surface area contributed by atoms with Gasteiger partial charge in [-0.1, -0.05) is 0 Å². The van der Waals surface area contributed by atoms with Crippen LogP contribution in [0.3, 0.4) is 0 Å². The van der Waals surface area contributed by atoms with Gasteiger partial charge in [0.15, 0.2) is 5.69 Å². The molecule has 0 radical (unpaired) electrons. The van der Waals surface area contributed by atoms with E-state index in [9.17, 15) is 9.59 Å². The topological polar surface area (TPSA) is 106 Å². The van der Waals surface area contributed by atoms with Crippen LogP contribution in [0.4, 0.5) is 11.4 Å². The molecule has 0 saturated carbocycles. The number of aromatic nitrogens is 2. The summed E-state index contributed by atoms with van der Waals surface area (Å²) in [6.07, 6.45) is 3.42. The summed E-state index contributed by atoms with van der Waals surface area (Å²) < 4.78 is 33.4. The molecule has 0 unspecified atom stereocenters. The number of amides is 2. The molecule has 9 heteroatoms. The number of nitrogens with one attached hydrogen (secondary N) is 2. The van der Waals surface area contributed by atoms with Crippen LogP contribution in [0.25, 0.3) is 0 Å². The lowest BCUT2D eigenvalue weighted by molar-refractivity contribution is 0.0792. The van der Waals surface area contributed by atoms with Crippen molar-refractivity contribution in [3.8, 4) is 11.6 Å². The van der Waals surface area contributed by atoms with Crippen LogP contribution in [0.5, 0.6) is 11.6 Å². The van der Waals surface area contributed by atoms with E-state index in [1.807, 2.05) is 10.2 Å². The molecule has 4 rings (SSSR count). The number of rotatable bonds is 2. The fraction of sp³-hybridized carbons (Fsp3) is 0.429. The summed E-state index contributed by atoms with van der Waals surface area (Å²) in [7, 11) is 0. The van der Waals surface area contributed by atoms with Gasteiger partial charge in [0.25, 0.3) is 11.8 Å². The van der Waals surface area contributed by atoms with Crippen molar-refractivity contribution in [2.75, 3.05) is 38.6 Å². The van der Waals surface area contributed by atoms with Gasteiger partial charge in [0.1, 0.15) is 5.75 Å². The van der Waals surface area contributed by atoms with E-state index >= 15 is 0 Å². The number of hydrogen-bond acceptors (Lipinski definition) is 7. The molecule has 0 aliphatic carbocycles. The van der Waals surface area contributed by atoms with Crippen LogP contribution in [-0.2, 0) is 0 Å². The highest BCUT2D eigenvalue weighted by Crippen LogP contribution is 2.32. The number of carbonyl (C=O) groups is 2. The second-order valence-corrected chi connectivity index (χ2v) is 7.14. The lowest BCUT2D eigenvalue weighted by atomic mass is 10.1. The predicted octanol–water partition coefficient (Wildman–Crippen LogP) is 2.37. The van der Waals surface area contributed by atoms with Gasteiger partial charge in [-0.2, -0.15) is 0 Å². The Morgan fingerprint density at radius 2 is 1.87 bits per heavy atom. The van der Waals surface area contributed by atoms with Crippen molar-refractivity contribution in [2.24, 2.45) is 0 Å². The molecule has 0 atom stereocenters. The number of anilines is 2. The third-order valence-electron chi connectivity index (χ3n) is 5.04. The fourth-order valence-electron chi connectivity index (χ4n) is 3.46. The number of fused-ring (bicyclic) bond motifs is 3. The number of benzene rings is 1. The molecule has 1 saturated heterocycles. The van der Waals surface area contributed by atoms with E-state index in [-0.39, 0.29) is 23.2 Å². The van der Waals surface area contributed by atoms with Crippen molar-refractivity contribution in [2.45, 2.75) is 25.7 Å². The fourth-order valence-corrected chi connectivity index (χ4v) is 3.46. The van der Waals surface area contributed by atoms with Crippen LogP contribution in [0.2, 0.25) is 0 Å². The molecule has 2 aliphatic rings. The van der Waals surface area contributed by atoms with Crippen LogP contribution in [0.15, 0.2) is 24.3 Å². The van der Waals surface area contributed by atoms with E-state index in [1.54, 1.807) is 18.2 Å². The lowest BCUT2D eigenvalue weighted by Gasteiger charge is -2.19. The first kappa shape index (κ1) is 16.4. The molecule has 2 aromatic rings. The summed E-state index contributed by atoms with van der Waals surface area (Å²) in [4.78, 5) is 27.2. The van der Waals surface area contributed by atoms with Crippen LogP contribution >= 0.6 is 0 Å². The monoisotopic (exact) mass is 414 g/mol. The highest BCUT2D eigenvalue weighted by Gasteiger charge is 2.22. The molecule has 2 bridgehead atoms. The Hall–Kier alpha value is -3.36.